The molecule has 1 aliphatic rings. The van der Waals surface area contributed by atoms with Crippen molar-refractivity contribution in [2.24, 2.45) is 0 Å². The SMILES string of the molecule is CC1CN(Cc2nnn(CC(F)(F)F)n2)c2ccccc2O1. The summed E-state index contributed by atoms with van der Waals surface area (Å²) in [7, 11) is 0. The van der Waals surface area contributed by atoms with Crippen molar-refractivity contribution in [1.29, 1.82) is 0 Å². The van der Waals surface area contributed by atoms with Crippen molar-refractivity contribution in [3.05, 3.63) is 30.1 Å². The van der Waals surface area contributed by atoms with Gasteiger partial charge >= 0.3 is 6.18 Å². The van der Waals surface area contributed by atoms with Gasteiger partial charge < -0.3 is 9.64 Å². The van der Waals surface area contributed by atoms with E-state index >= 15 is 0 Å². The van der Waals surface area contributed by atoms with Crippen LogP contribution in [0, 0.1) is 0 Å². The van der Waals surface area contributed by atoms with Crippen LogP contribution in [0.15, 0.2) is 24.3 Å². The first kappa shape index (κ1) is 14.6. The Morgan fingerprint density at radius 3 is 2.86 bits per heavy atom. The second-order valence-corrected chi connectivity index (χ2v) is 5.13. The molecule has 118 valence electrons. The summed E-state index contributed by atoms with van der Waals surface area (Å²) in [5, 5.41) is 10.9. The van der Waals surface area contributed by atoms with Crippen LogP contribution < -0.4 is 9.64 Å². The molecule has 0 spiro atoms. The Bertz CT molecular complexity index is 657. The van der Waals surface area contributed by atoms with Crippen LogP contribution in [-0.2, 0) is 13.1 Å². The average Bonchev–Trinajstić information content (AvgIpc) is 2.83. The number of nitrogens with zero attached hydrogens (tertiary/aromatic N) is 5. The van der Waals surface area contributed by atoms with Gasteiger partial charge in [0, 0.05) is 0 Å². The average molecular weight is 313 g/mol. The van der Waals surface area contributed by atoms with Crippen LogP contribution in [0.1, 0.15) is 12.7 Å². The maximum Gasteiger partial charge on any atom is 0.409 e. The molecule has 0 amide bonds. The van der Waals surface area contributed by atoms with Gasteiger partial charge in [0.05, 0.1) is 18.8 Å². The number of halogens is 3. The number of hydrogen-bond acceptors (Lipinski definition) is 5. The van der Waals surface area contributed by atoms with Crippen molar-refractivity contribution < 1.29 is 17.9 Å². The molecular weight excluding hydrogens is 299 g/mol. The summed E-state index contributed by atoms with van der Waals surface area (Å²) >= 11 is 0. The summed E-state index contributed by atoms with van der Waals surface area (Å²) in [6.07, 6.45) is -4.39. The molecule has 0 fully saturated rings. The number of para-hydroxylation sites is 2. The van der Waals surface area contributed by atoms with Crippen LogP contribution in [-0.4, -0.2) is 39.0 Å². The van der Waals surface area contributed by atoms with Gasteiger partial charge in [0.2, 0.25) is 0 Å². The Balaban J connectivity index is 1.76. The van der Waals surface area contributed by atoms with Crippen molar-refractivity contribution in [2.75, 3.05) is 11.4 Å². The first-order valence-corrected chi connectivity index (χ1v) is 6.75. The van der Waals surface area contributed by atoms with Gasteiger partial charge in [0.15, 0.2) is 12.4 Å². The van der Waals surface area contributed by atoms with Gasteiger partial charge in [-0.05, 0) is 24.3 Å². The van der Waals surface area contributed by atoms with Crippen LogP contribution >= 0.6 is 0 Å². The highest BCUT2D eigenvalue weighted by Crippen LogP contribution is 2.33. The number of rotatable bonds is 3. The summed E-state index contributed by atoms with van der Waals surface area (Å²) in [4.78, 5) is 2.53. The lowest BCUT2D eigenvalue weighted by molar-refractivity contribution is -0.145. The quantitative estimate of drug-likeness (QED) is 0.868. The van der Waals surface area contributed by atoms with Gasteiger partial charge in [-0.25, -0.2) is 0 Å². The zero-order valence-corrected chi connectivity index (χ0v) is 11.8. The monoisotopic (exact) mass is 313 g/mol. The molecule has 1 aromatic carbocycles. The van der Waals surface area contributed by atoms with Gasteiger partial charge in [0.25, 0.3) is 0 Å². The number of aromatic nitrogens is 4. The van der Waals surface area contributed by atoms with Crippen molar-refractivity contribution in [2.45, 2.75) is 32.3 Å². The number of fused-ring (bicyclic) bond motifs is 1. The lowest BCUT2D eigenvalue weighted by Gasteiger charge is -2.34. The minimum atomic E-state index is -4.36. The first-order chi connectivity index (χ1) is 10.4. The highest BCUT2D eigenvalue weighted by atomic mass is 19.4. The fourth-order valence-electron chi connectivity index (χ4n) is 2.37. The molecule has 1 unspecified atom stereocenters. The minimum absolute atomic E-state index is 0.0277. The topological polar surface area (TPSA) is 56.1 Å². The molecular formula is C13H14F3N5O. The molecule has 1 atom stereocenters. The molecule has 0 saturated carbocycles. The fourth-order valence-corrected chi connectivity index (χ4v) is 2.37. The second-order valence-electron chi connectivity index (χ2n) is 5.13. The Morgan fingerprint density at radius 2 is 2.09 bits per heavy atom. The molecule has 9 heteroatoms. The highest BCUT2D eigenvalue weighted by Gasteiger charge is 2.30. The smallest absolute Gasteiger partial charge is 0.409 e. The third-order valence-corrected chi connectivity index (χ3v) is 3.16. The number of benzene rings is 1. The molecule has 0 bridgehead atoms. The third-order valence-electron chi connectivity index (χ3n) is 3.16. The van der Waals surface area contributed by atoms with Crippen LogP contribution in [0.3, 0.4) is 0 Å². The molecule has 0 N–H and O–H groups in total. The van der Waals surface area contributed by atoms with Gasteiger partial charge in [0.1, 0.15) is 11.9 Å². The maximum atomic E-state index is 12.3. The zero-order valence-electron chi connectivity index (χ0n) is 11.8. The van der Waals surface area contributed by atoms with E-state index in [0.717, 1.165) is 11.4 Å². The van der Waals surface area contributed by atoms with Crippen LogP contribution in [0.25, 0.3) is 0 Å². The molecule has 22 heavy (non-hydrogen) atoms. The van der Waals surface area contributed by atoms with E-state index < -0.39 is 12.7 Å². The van der Waals surface area contributed by atoms with E-state index in [4.69, 9.17) is 4.74 Å². The summed E-state index contributed by atoms with van der Waals surface area (Å²) < 4.78 is 42.6. The predicted molar refractivity (Wildman–Crippen MR) is 71.5 cm³/mol. The predicted octanol–water partition coefficient (Wildman–Crippen LogP) is 2.02. The molecule has 0 saturated heterocycles. The molecule has 6 nitrogen and oxygen atoms in total. The molecule has 3 rings (SSSR count). The first-order valence-electron chi connectivity index (χ1n) is 6.75. The molecule has 1 aliphatic heterocycles. The van der Waals surface area contributed by atoms with Gasteiger partial charge in [-0.15, -0.1) is 10.2 Å². The Hall–Kier alpha value is -2.32. The van der Waals surface area contributed by atoms with Crippen LogP contribution in [0.5, 0.6) is 5.75 Å². The van der Waals surface area contributed by atoms with Gasteiger partial charge in [-0.3, -0.25) is 0 Å². The van der Waals surface area contributed by atoms with Crippen molar-refractivity contribution in [1.82, 2.24) is 20.2 Å². The summed E-state index contributed by atoms with van der Waals surface area (Å²) in [6, 6.07) is 7.49. The lowest BCUT2D eigenvalue weighted by atomic mass is 10.2. The highest BCUT2D eigenvalue weighted by molar-refractivity contribution is 5.59. The maximum absolute atomic E-state index is 12.3. The number of hydrogen-bond donors (Lipinski definition) is 0. The largest absolute Gasteiger partial charge is 0.487 e. The van der Waals surface area contributed by atoms with E-state index in [1.54, 1.807) is 0 Å². The van der Waals surface area contributed by atoms with Crippen LogP contribution in [0.2, 0.25) is 0 Å². The summed E-state index contributed by atoms with van der Waals surface area (Å²) in [5.74, 6) is 0.983. The van der Waals surface area contributed by atoms with Crippen molar-refractivity contribution in [3.63, 3.8) is 0 Å². The molecule has 0 aliphatic carbocycles. The summed E-state index contributed by atoms with van der Waals surface area (Å²) in [5.41, 5.74) is 0.868. The number of anilines is 1. The number of alkyl halides is 3. The van der Waals surface area contributed by atoms with Gasteiger partial charge in [-0.2, -0.15) is 18.0 Å². The Kier molecular flexibility index (Phi) is 3.63. The van der Waals surface area contributed by atoms with E-state index in [0.29, 0.717) is 11.3 Å². The molecule has 1 aromatic heterocycles. The number of ether oxygens (including phenoxy) is 1. The second kappa shape index (κ2) is 5.47. The van der Waals surface area contributed by atoms with Crippen molar-refractivity contribution >= 4 is 5.69 Å². The Labute approximate surface area is 124 Å². The fraction of sp³-hybridized carbons (Fsp3) is 0.462. The normalized spacial score (nSPS) is 18.0. The minimum Gasteiger partial charge on any atom is -0.487 e. The van der Waals surface area contributed by atoms with E-state index in [9.17, 15) is 13.2 Å². The zero-order chi connectivity index (χ0) is 15.7. The molecule has 2 aromatic rings. The molecule has 2 heterocycles. The third kappa shape index (κ3) is 3.29. The molecule has 0 radical (unpaired) electrons. The van der Waals surface area contributed by atoms with E-state index in [1.165, 1.54) is 0 Å². The standard InChI is InChI=1S/C13H14F3N5O/c1-9-6-20(10-4-2-3-5-11(10)22-9)7-12-17-19-21(18-12)8-13(14,15)16/h2-5,9H,6-8H2,1H3. The summed E-state index contributed by atoms with van der Waals surface area (Å²) in [6.45, 7) is 1.57. The van der Waals surface area contributed by atoms with E-state index in [-0.39, 0.29) is 18.5 Å². The Morgan fingerprint density at radius 1 is 1.32 bits per heavy atom. The van der Waals surface area contributed by atoms with Gasteiger partial charge in [-0.1, -0.05) is 12.1 Å². The lowest BCUT2D eigenvalue weighted by Crippen LogP contribution is -2.38. The van der Waals surface area contributed by atoms with E-state index in [2.05, 4.69) is 15.4 Å². The number of tetrazole rings is 1. The van der Waals surface area contributed by atoms with E-state index in [1.807, 2.05) is 36.1 Å². The van der Waals surface area contributed by atoms with Crippen molar-refractivity contribution in [3.8, 4) is 5.75 Å². The van der Waals surface area contributed by atoms with Crippen LogP contribution in [0.4, 0.5) is 18.9 Å².